The summed E-state index contributed by atoms with van der Waals surface area (Å²) in [5.41, 5.74) is 5.83. The zero-order valence-corrected chi connectivity index (χ0v) is 14.7. The number of rotatable bonds is 2. The first-order chi connectivity index (χ1) is 11.9. The highest BCUT2D eigenvalue weighted by atomic mass is 35.5. The fraction of sp³-hybridized carbons (Fsp3) is 0.143. The van der Waals surface area contributed by atoms with Crippen LogP contribution in [-0.4, -0.2) is 4.92 Å². The lowest BCUT2D eigenvalue weighted by Crippen LogP contribution is -2.14. The highest BCUT2D eigenvalue weighted by molar-refractivity contribution is 6.33. The maximum Gasteiger partial charge on any atom is 0.277 e. The van der Waals surface area contributed by atoms with Gasteiger partial charge in [0.25, 0.3) is 5.69 Å². The van der Waals surface area contributed by atoms with E-state index in [0.717, 1.165) is 11.1 Å². The second-order valence-electron chi connectivity index (χ2n) is 6.82. The molecule has 0 bridgehead atoms. The summed E-state index contributed by atoms with van der Waals surface area (Å²) in [6.45, 7) is 4.36. The summed E-state index contributed by atoms with van der Waals surface area (Å²) >= 11 is 6.57. The highest BCUT2D eigenvalue weighted by Gasteiger charge is 2.36. The van der Waals surface area contributed by atoms with E-state index in [0.29, 0.717) is 16.1 Å². The van der Waals surface area contributed by atoms with Gasteiger partial charge in [-0.1, -0.05) is 61.8 Å². The maximum atomic E-state index is 11.4. The van der Waals surface area contributed by atoms with Gasteiger partial charge >= 0.3 is 0 Å². The molecule has 4 rings (SSSR count). The Balaban J connectivity index is 2.01. The Kier molecular flexibility index (Phi) is 3.44. The van der Waals surface area contributed by atoms with E-state index in [1.165, 1.54) is 17.2 Å². The number of nitrogens with zero attached hydrogens (tertiary/aromatic N) is 1. The Bertz CT molecular complexity index is 1020. The Morgan fingerprint density at radius 2 is 1.48 bits per heavy atom. The third-order valence-electron chi connectivity index (χ3n) is 5.06. The molecular weight excluding hydrogens is 334 g/mol. The van der Waals surface area contributed by atoms with Crippen LogP contribution in [0.4, 0.5) is 5.69 Å². The molecule has 0 spiro atoms. The van der Waals surface area contributed by atoms with Gasteiger partial charge in [0.2, 0.25) is 0 Å². The first-order valence-electron chi connectivity index (χ1n) is 8.09. The molecule has 3 nitrogen and oxygen atoms in total. The number of benzene rings is 3. The smallest absolute Gasteiger partial charge is 0.258 e. The van der Waals surface area contributed by atoms with Crippen LogP contribution in [-0.2, 0) is 5.41 Å². The first-order valence-corrected chi connectivity index (χ1v) is 8.47. The van der Waals surface area contributed by atoms with E-state index in [9.17, 15) is 10.1 Å². The van der Waals surface area contributed by atoms with Crippen molar-refractivity contribution in [3.8, 4) is 22.3 Å². The normalized spacial score (nSPS) is 14.0. The van der Waals surface area contributed by atoms with Gasteiger partial charge in [-0.2, -0.15) is 0 Å². The molecule has 3 aromatic carbocycles. The summed E-state index contributed by atoms with van der Waals surface area (Å²) in [7, 11) is 0. The highest BCUT2D eigenvalue weighted by Crippen LogP contribution is 2.51. The van der Waals surface area contributed by atoms with Crippen molar-refractivity contribution in [2.45, 2.75) is 19.3 Å². The molecule has 0 N–H and O–H groups in total. The lowest BCUT2D eigenvalue weighted by molar-refractivity contribution is -0.384. The van der Waals surface area contributed by atoms with Crippen molar-refractivity contribution in [3.05, 3.63) is 86.9 Å². The molecule has 0 saturated carbocycles. The van der Waals surface area contributed by atoms with Gasteiger partial charge in [0.05, 0.1) is 10.5 Å². The van der Waals surface area contributed by atoms with E-state index in [1.54, 1.807) is 18.2 Å². The molecule has 0 heterocycles. The molecule has 124 valence electrons. The average molecular weight is 350 g/mol. The van der Waals surface area contributed by atoms with Gasteiger partial charge in [-0.25, -0.2) is 0 Å². The predicted molar refractivity (Wildman–Crippen MR) is 101 cm³/mol. The zero-order valence-electron chi connectivity index (χ0n) is 13.9. The maximum absolute atomic E-state index is 11.4. The quantitative estimate of drug-likeness (QED) is 0.407. The summed E-state index contributed by atoms with van der Waals surface area (Å²) in [5.74, 6) is 0. The van der Waals surface area contributed by atoms with Crippen LogP contribution in [0.15, 0.2) is 60.7 Å². The minimum atomic E-state index is -0.364. The van der Waals surface area contributed by atoms with Crippen LogP contribution < -0.4 is 0 Å². The predicted octanol–water partition coefficient (Wildman–Crippen LogP) is 6.22. The molecule has 0 aromatic heterocycles. The molecule has 0 unspecified atom stereocenters. The van der Waals surface area contributed by atoms with Crippen molar-refractivity contribution in [2.24, 2.45) is 0 Å². The number of hydrogen-bond acceptors (Lipinski definition) is 2. The molecule has 0 atom stereocenters. The van der Waals surface area contributed by atoms with Crippen LogP contribution in [0, 0.1) is 10.1 Å². The topological polar surface area (TPSA) is 43.1 Å². The number of hydrogen-bond donors (Lipinski definition) is 0. The van der Waals surface area contributed by atoms with Crippen LogP contribution in [0.2, 0.25) is 5.02 Å². The fourth-order valence-corrected chi connectivity index (χ4v) is 4.05. The first kappa shape index (κ1) is 15.9. The molecule has 1 aliphatic carbocycles. The summed E-state index contributed by atoms with van der Waals surface area (Å²) in [6.07, 6.45) is 0. The third kappa shape index (κ3) is 2.27. The largest absolute Gasteiger partial charge is 0.277 e. The van der Waals surface area contributed by atoms with Crippen LogP contribution in [0.1, 0.15) is 25.0 Å². The van der Waals surface area contributed by atoms with Gasteiger partial charge in [-0.05, 0) is 40.5 Å². The molecule has 4 heteroatoms. The summed E-state index contributed by atoms with van der Waals surface area (Å²) < 4.78 is 0. The Labute approximate surface area is 151 Å². The van der Waals surface area contributed by atoms with Crippen molar-refractivity contribution in [1.29, 1.82) is 0 Å². The van der Waals surface area contributed by atoms with E-state index >= 15 is 0 Å². The van der Waals surface area contributed by atoms with Crippen molar-refractivity contribution < 1.29 is 4.92 Å². The molecule has 0 saturated heterocycles. The van der Waals surface area contributed by atoms with Gasteiger partial charge in [0, 0.05) is 22.1 Å². The van der Waals surface area contributed by atoms with Crippen molar-refractivity contribution in [2.75, 3.05) is 0 Å². The Morgan fingerprint density at radius 3 is 2.20 bits per heavy atom. The minimum Gasteiger partial charge on any atom is -0.258 e. The lowest BCUT2D eigenvalue weighted by atomic mass is 9.82. The molecule has 0 radical (unpaired) electrons. The van der Waals surface area contributed by atoms with E-state index in [1.807, 2.05) is 24.3 Å². The Hall–Kier alpha value is -2.65. The molecule has 1 aliphatic rings. The second-order valence-corrected chi connectivity index (χ2v) is 7.23. The van der Waals surface area contributed by atoms with E-state index in [4.69, 9.17) is 11.6 Å². The third-order valence-corrected chi connectivity index (χ3v) is 5.37. The van der Waals surface area contributed by atoms with Crippen molar-refractivity contribution in [1.82, 2.24) is 0 Å². The number of para-hydroxylation sites is 1. The zero-order chi connectivity index (χ0) is 17.8. The summed E-state index contributed by atoms with van der Waals surface area (Å²) in [6, 6.07) is 19.0. The molecule has 25 heavy (non-hydrogen) atoms. The number of nitro groups is 1. The fourth-order valence-electron chi connectivity index (χ4n) is 3.79. The van der Waals surface area contributed by atoms with Gasteiger partial charge < -0.3 is 0 Å². The molecule has 3 aromatic rings. The summed E-state index contributed by atoms with van der Waals surface area (Å²) in [5, 5.41) is 11.9. The summed E-state index contributed by atoms with van der Waals surface area (Å²) in [4.78, 5) is 11.0. The number of nitro benzene ring substituents is 1. The SMILES string of the molecule is CC1(C)c2ccccc2-c2cc(-c3ccccc3[N+](=O)[O-])c(Cl)cc21. The monoisotopic (exact) mass is 349 g/mol. The van der Waals surface area contributed by atoms with Crippen LogP contribution >= 0.6 is 11.6 Å². The van der Waals surface area contributed by atoms with Crippen molar-refractivity contribution in [3.63, 3.8) is 0 Å². The van der Waals surface area contributed by atoms with E-state index in [2.05, 4.69) is 26.0 Å². The molecule has 0 amide bonds. The number of halogens is 1. The van der Waals surface area contributed by atoms with Crippen LogP contribution in [0.5, 0.6) is 0 Å². The standard InChI is InChI=1S/C21H16ClNO2/c1-21(2)17-9-5-3-7-13(17)15-11-16(19(22)12-18(15)21)14-8-4-6-10-20(14)23(24)25/h3-12H,1-2H3. The van der Waals surface area contributed by atoms with Gasteiger partial charge in [0.15, 0.2) is 0 Å². The molecular formula is C21H16ClNO2. The van der Waals surface area contributed by atoms with E-state index < -0.39 is 0 Å². The minimum absolute atomic E-state index is 0.0647. The van der Waals surface area contributed by atoms with Gasteiger partial charge in [-0.15, -0.1) is 0 Å². The molecule has 0 fully saturated rings. The van der Waals surface area contributed by atoms with Crippen LogP contribution in [0.25, 0.3) is 22.3 Å². The van der Waals surface area contributed by atoms with Crippen LogP contribution in [0.3, 0.4) is 0 Å². The molecule has 0 aliphatic heterocycles. The van der Waals surface area contributed by atoms with Gasteiger partial charge in [0.1, 0.15) is 0 Å². The lowest BCUT2D eigenvalue weighted by Gasteiger charge is -2.22. The van der Waals surface area contributed by atoms with Crippen molar-refractivity contribution >= 4 is 17.3 Å². The average Bonchev–Trinajstić information content (AvgIpc) is 2.82. The van der Waals surface area contributed by atoms with E-state index in [-0.39, 0.29) is 16.0 Å². The number of fused-ring (bicyclic) bond motifs is 3. The second kappa shape index (κ2) is 5.43. The van der Waals surface area contributed by atoms with Gasteiger partial charge in [-0.3, -0.25) is 10.1 Å². The Morgan fingerprint density at radius 1 is 0.840 bits per heavy atom.